The van der Waals surface area contributed by atoms with Crippen molar-refractivity contribution in [3.05, 3.63) is 47.4 Å². The van der Waals surface area contributed by atoms with E-state index < -0.39 is 0 Å². The van der Waals surface area contributed by atoms with Gasteiger partial charge in [0.25, 0.3) is 5.91 Å². The molecule has 6 nitrogen and oxygen atoms in total. The number of hydrogen-bond donors (Lipinski definition) is 0. The normalized spacial score (nSPS) is 14.5. The predicted molar refractivity (Wildman–Crippen MR) is 97.0 cm³/mol. The number of nitrogens with zero attached hydrogens (tertiary/aromatic N) is 4. The third kappa shape index (κ3) is 4.07. The fourth-order valence-electron chi connectivity index (χ4n) is 2.91. The van der Waals surface area contributed by atoms with Crippen LogP contribution in [0.1, 0.15) is 16.8 Å². The van der Waals surface area contributed by atoms with E-state index in [2.05, 4.69) is 14.9 Å². The van der Waals surface area contributed by atoms with Gasteiger partial charge >= 0.3 is 0 Å². The third-order valence-corrected chi connectivity index (χ3v) is 4.65. The standard InChI is InChI=1S/C19H24N4O2/c1-14-5-4-6-17(16(14)3)25-12-19(24)23-9-7-22(8-10-23)18-11-15(2)20-13-21-18/h4-6,11,13H,7-10,12H2,1-3H3. The molecule has 1 aliphatic heterocycles. The maximum atomic E-state index is 12.4. The molecule has 25 heavy (non-hydrogen) atoms. The van der Waals surface area contributed by atoms with Gasteiger partial charge in [-0.2, -0.15) is 0 Å². The summed E-state index contributed by atoms with van der Waals surface area (Å²) < 4.78 is 5.73. The molecule has 1 amide bonds. The second-order valence-corrected chi connectivity index (χ2v) is 6.37. The highest BCUT2D eigenvalue weighted by atomic mass is 16.5. The minimum Gasteiger partial charge on any atom is -0.483 e. The number of rotatable bonds is 4. The lowest BCUT2D eigenvalue weighted by atomic mass is 10.1. The van der Waals surface area contributed by atoms with Crippen molar-refractivity contribution in [2.45, 2.75) is 20.8 Å². The molecule has 0 spiro atoms. The van der Waals surface area contributed by atoms with Crippen molar-refractivity contribution in [3.8, 4) is 5.75 Å². The highest BCUT2D eigenvalue weighted by Gasteiger charge is 2.22. The molecule has 0 radical (unpaired) electrons. The number of ether oxygens (including phenoxy) is 1. The van der Waals surface area contributed by atoms with Crippen molar-refractivity contribution < 1.29 is 9.53 Å². The second-order valence-electron chi connectivity index (χ2n) is 6.37. The number of aromatic nitrogens is 2. The van der Waals surface area contributed by atoms with E-state index in [1.807, 2.05) is 49.9 Å². The van der Waals surface area contributed by atoms with E-state index >= 15 is 0 Å². The summed E-state index contributed by atoms with van der Waals surface area (Å²) in [7, 11) is 0. The fraction of sp³-hybridized carbons (Fsp3) is 0.421. The highest BCUT2D eigenvalue weighted by molar-refractivity contribution is 5.78. The minimum absolute atomic E-state index is 0.0272. The molecule has 3 rings (SSSR count). The Morgan fingerprint density at radius 1 is 1.12 bits per heavy atom. The quantitative estimate of drug-likeness (QED) is 0.853. The molecule has 0 aliphatic carbocycles. The summed E-state index contributed by atoms with van der Waals surface area (Å²) >= 11 is 0. The molecule has 0 bridgehead atoms. The number of hydrogen-bond acceptors (Lipinski definition) is 5. The first-order chi connectivity index (χ1) is 12.0. The molecule has 0 saturated carbocycles. The molecule has 0 atom stereocenters. The van der Waals surface area contributed by atoms with Gasteiger partial charge in [0.2, 0.25) is 0 Å². The van der Waals surface area contributed by atoms with Crippen molar-refractivity contribution in [1.82, 2.24) is 14.9 Å². The smallest absolute Gasteiger partial charge is 0.260 e. The van der Waals surface area contributed by atoms with E-state index in [4.69, 9.17) is 4.74 Å². The SMILES string of the molecule is Cc1cc(N2CCN(C(=O)COc3cccc(C)c3C)CC2)ncn1. The molecule has 1 aromatic heterocycles. The first-order valence-electron chi connectivity index (χ1n) is 8.55. The van der Waals surface area contributed by atoms with Crippen LogP contribution in [0.2, 0.25) is 0 Å². The molecule has 1 aromatic carbocycles. The van der Waals surface area contributed by atoms with Crippen LogP contribution in [0.25, 0.3) is 0 Å². The third-order valence-electron chi connectivity index (χ3n) is 4.65. The summed E-state index contributed by atoms with van der Waals surface area (Å²) in [6.07, 6.45) is 1.58. The van der Waals surface area contributed by atoms with Crippen LogP contribution in [-0.2, 0) is 4.79 Å². The van der Waals surface area contributed by atoms with Crippen LogP contribution >= 0.6 is 0 Å². The summed E-state index contributed by atoms with van der Waals surface area (Å²) in [6, 6.07) is 7.87. The van der Waals surface area contributed by atoms with Crippen molar-refractivity contribution in [2.75, 3.05) is 37.7 Å². The lowest BCUT2D eigenvalue weighted by molar-refractivity contribution is -0.133. The Labute approximate surface area is 148 Å². The molecule has 0 N–H and O–H groups in total. The van der Waals surface area contributed by atoms with Gasteiger partial charge < -0.3 is 14.5 Å². The number of benzene rings is 1. The number of amides is 1. The van der Waals surface area contributed by atoms with Crippen molar-refractivity contribution in [3.63, 3.8) is 0 Å². The summed E-state index contributed by atoms with van der Waals surface area (Å²) in [5, 5.41) is 0. The summed E-state index contributed by atoms with van der Waals surface area (Å²) in [6.45, 7) is 8.98. The average Bonchev–Trinajstić information content (AvgIpc) is 2.63. The highest BCUT2D eigenvalue weighted by Crippen LogP contribution is 2.20. The lowest BCUT2D eigenvalue weighted by Gasteiger charge is -2.35. The monoisotopic (exact) mass is 340 g/mol. The Bertz CT molecular complexity index is 755. The first kappa shape index (κ1) is 17.2. The second kappa shape index (κ2) is 7.51. The Morgan fingerprint density at radius 2 is 1.88 bits per heavy atom. The zero-order chi connectivity index (χ0) is 17.8. The van der Waals surface area contributed by atoms with Gasteiger partial charge in [0.1, 0.15) is 17.9 Å². The number of piperazine rings is 1. The summed E-state index contributed by atoms with van der Waals surface area (Å²) in [5.74, 6) is 1.73. The van der Waals surface area contributed by atoms with E-state index in [-0.39, 0.29) is 12.5 Å². The van der Waals surface area contributed by atoms with Gasteiger partial charge in [-0.3, -0.25) is 4.79 Å². The largest absolute Gasteiger partial charge is 0.483 e. The Kier molecular flexibility index (Phi) is 5.16. The average molecular weight is 340 g/mol. The number of carbonyl (C=O) groups is 1. The maximum absolute atomic E-state index is 12.4. The van der Waals surface area contributed by atoms with Gasteiger partial charge in [0.15, 0.2) is 6.61 Å². The summed E-state index contributed by atoms with van der Waals surface area (Å²) in [5.41, 5.74) is 3.20. The van der Waals surface area contributed by atoms with Crippen molar-refractivity contribution >= 4 is 11.7 Å². The van der Waals surface area contributed by atoms with E-state index in [0.717, 1.165) is 35.9 Å². The molecule has 132 valence electrons. The van der Waals surface area contributed by atoms with Gasteiger partial charge in [-0.05, 0) is 38.0 Å². The molecule has 2 aromatic rings. The van der Waals surface area contributed by atoms with Gasteiger partial charge in [0.05, 0.1) is 0 Å². The Balaban J connectivity index is 1.52. The zero-order valence-electron chi connectivity index (χ0n) is 15.0. The Hall–Kier alpha value is -2.63. The van der Waals surface area contributed by atoms with Gasteiger partial charge in [-0.25, -0.2) is 9.97 Å². The molecule has 6 heteroatoms. The topological polar surface area (TPSA) is 58.6 Å². The first-order valence-corrected chi connectivity index (χ1v) is 8.55. The van der Waals surface area contributed by atoms with E-state index in [9.17, 15) is 4.79 Å². The van der Waals surface area contributed by atoms with Crippen molar-refractivity contribution in [1.29, 1.82) is 0 Å². The van der Waals surface area contributed by atoms with Crippen LogP contribution in [0.15, 0.2) is 30.6 Å². The minimum atomic E-state index is 0.0272. The van der Waals surface area contributed by atoms with Crippen molar-refractivity contribution in [2.24, 2.45) is 0 Å². The molecule has 1 saturated heterocycles. The molecule has 1 fully saturated rings. The Morgan fingerprint density at radius 3 is 2.60 bits per heavy atom. The van der Waals surface area contributed by atoms with E-state index in [1.54, 1.807) is 6.33 Å². The van der Waals surface area contributed by atoms with Gasteiger partial charge in [0, 0.05) is 37.9 Å². The van der Waals surface area contributed by atoms with Crippen LogP contribution < -0.4 is 9.64 Å². The van der Waals surface area contributed by atoms with Crippen LogP contribution in [0, 0.1) is 20.8 Å². The maximum Gasteiger partial charge on any atom is 0.260 e. The number of aryl methyl sites for hydroxylation is 2. The zero-order valence-corrected chi connectivity index (χ0v) is 15.0. The van der Waals surface area contributed by atoms with E-state index in [0.29, 0.717) is 13.1 Å². The molecular formula is C19H24N4O2. The lowest BCUT2D eigenvalue weighted by Crippen LogP contribution is -2.50. The molecule has 0 unspecified atom stereocenters. The van der Waals surface area contributed by atoms with Gasteiger partial charge in [-0.1, -0.05) is 12.1 Å². The van der Waals surface area contributed by atoms with Crippen LogP contribution in [0.4, 0.5) is 5.82 Å². The fourth-order valence-corrected chi connectivity index (χ4v) is 2.91. The summed E-state index contributed by atoms with van der Waals surface area (Å²) in [4.78, 5) is 24.9. The number of anilines is 1. The molecule has 1 aliphatic rings. The molecule has 2 heterocycles. The van der Waals surface area contributed by atoms with Crippen LogP contribution in [-0.4, -0.2) is 53.6 Å². The van der Waals surface area contributed by atoms with Gasteiger partial charge in [-0.15, -0.1) is 0 Å². The van der Waals surface area contributed by atoms with Crippen LogP contribution in [0.3, 0.4) is 0 Å². The molecular weight excluding hydrogens is 316 g/mol. The number of carbonyl (C=O) groups excluding carboxylic acids is 1. The van der Waals surface area contributed by atoms with E-state index in [1.165, 1.54) is 5.56 Å². The predicted octanol–water partition coefficient (Wildman–Crippen LogP) is 2.13. The van der Waals surface area contributed by atoms with Crippen LogP contribution in [0.5, 0.6) is 5.75 Å².